The van der Waals surface area contributed by atoms with Gasteiger partial charge in [-0.25, -0.2) is 0 Å². The third-order valence-corrected chi connectivity index (χ3v) is 5.01. The van der Waals surface area contributed by atoms with E-state index < -0.39 is 0 Å². The minimum Gasteiger partial charge on any atom is -0.483 e. The molecule has 0 radical (unpaired) electrons. The van der Waals surface area contributed by atoms with E-state index >= 15 is 0 Å². The topological polar surface area (TPSA) is 29.5 Å². The summed E-state index contributed by atoms with van der Waals surface area (Å²) in [6.07, 6.45) is 0. The number of carbonyl (C=O) groups excluding carboxylic acids is 1. The van der Waals surface area contributed by atoms with Gasteiger partial charge in [-0.15, -0.1) is 0 Å². The van der Waals surface area contributed by atoms with Crippen LogP contribution in [-0.2, 0) is 11.3 Å². The molecule has 0 aromatic heterocycles. The van der Waals surface area contributed by atoms with Gasteiger partial charge in [-0.3, -0.25) is 4.79 Å². The Labute approximate surface area is 160 Å². The molecule has 0 fully saturated rings. The molecule has 0 atom stereocenters. The smallest absolute Gasteiger partial charge is 0.260 e. The van der Waals surface area contributed by atoms with Crippen molar-refractivity contribution in [2.75, 3.05) is 13.7 Å². The third-order valence-electron chi connectivity index (χ3n) is 3.94. The lowest BCUT2D eigenvalue weighted by Gasteiger charge is -2.18. The van der Waals surface area contributed by atoms with Crippen molar-refractivity contribution in [1.82, 2.24) is 4.90 Å². The van der Waals surface area contributed by atoms with Crippen LogP contribution in [0.25, 0.3) is 10.8 Å². The standard InChI is InChI=1S/C20H17BrClNO2/c1-23(12-14-6-9-16(22)10-7-14)19(24)13-25-18-11-8-15-4-2-3-5-17(15)20(18)21/h2-11H,12-13H2,1H3. The number of fused-ring (bicyclic) bond motifs is 1. The van der Waals surface area contributed by atoms with Crippen molar-refractivity contribution in [3.63, 3.8) is 0 Å². The lowest BCUT2D eigenvalue weighted by molar-refractivity contribution is -0.132. The summed E-state index contributed by atoms with van der Waals surface area (Å²) in [5.41, 5.74) is 1.02. The molecular weight excluding hydrogens is 402 g/mol. The molecule has 3 rings (SSSR count). The highest BCUT2D eigenvalue weighted by Gasteiger charge is 2.12. The zero-order valence-electron chi connectivity index (χ0n) is 13.7. The average molecular weight is 419 g/mol. The van der Waals surface area contributed by atoms with Gasteiger partial charge in [0.15, 0.2) is 6.61 Å². The van der Waals surface area contributed by atoms with Crippen molar-refractivity contribution in [1.29, 1.82) is 0 Å². The van der Waals surface area contributed by atoms with Crippen molar-refractivity contribution < 1.29 is 9.53 Å². The fourth-order valence-electron chi connectivity index (χ4n) is 2.53. The highest BCUT2D eigenvalue weighted by molar-refractivity contribution is 9.10. The summed E-state index contributed by atoms with van der Waals surface area (Å²) >= 11 is 9.45. The van der Waals surface area contributed by atoms with Crippen molar-refractivity contribution >= 4 is 44.2 Å². The van der Waals surface area contributed by atoms with Gasteiger partial charge in [0.05, 0.1) is 4.47 Å². The maximum Gasteiger partial charge on any atom is 0.260 e. The molecule has 0 saturated heterocycles. The first-order valence-corrected chi connectivity index (χ1v) is 9.00. The van der Waals surface area contributed by atoms with E-state index in [2.05, 4.69) is 15.9 Å². The van der Waals surface area contributed by atoms with Crippen LogP contribution in [0.3, 0.4) is 0 Å². The Balaban J connectivity index is 1.63. The van der Waals surface area contributed by atoms with E-state index in [1.54, 1.807) is 11.9 Å². The number of benzene rings is 3. The van der Waals surface area contributed by atoms with Gasteiger partial charge < -0.3 is 9.64 Å². The first-order chi connectivity index (χ1) is 12.0. The van der Waals surface area contributed by atoms with Gasteiger partial charge >= 0.3 is 0 Å². The van der Waals surface area contributed by atoms with Crippen molar-refractivity contribution in [2.45, 2.75) is 6.54 Å². The fourth-order valence-corrected chi connectivity index (χ4v) is 3.26. The van der Waals surface area contributed by atoms with E-state index in [4.69, 9.17) is 16.3 Å². The Kier molecular flexibility index (Phi) is 5.61. The molecule has 0 spiro atoms. The molecule has 3 aromatic rings. The van der Waals surface area contributed by atoms with E-state index in [1.807, 2.05) is 60.7 Å². The van der Waals surface area contributed by atoms with Crippen molar-refractivity contribution in [2.24, 2.45) is 0 Å². The molecule has 0 bridgehead atoms. The number of hydrogen-bond donors (Lipinski definition) is 0. The molecule has 3 aromatic carbocycles. The molecule has 0 N–H and O–H groups in total. The quantitative estimate of drug-likeness (QED) is 0.563. The lowest BCUT2D eigenvalue weighted by Crippen LogP contribution is -2.31. The monoisotopic (exact) mass is 417 g/mol. The lowest BCUT2D eigenvalue weighted by atomic mass is 10.1. The Bertz CT molecular complexity index is 896. The van der Waals surface area contributed by atoms with Crippen LogP contribution < -0.4 is 4.74 Å². The number of amides is 1. The second-order valence-electron chi connectivity index (χ2n) is 5.76. The minimum absolute atomic E-state index is 0.0129. The molecule has 5 heteroatoms. The van der Waals surface area contributed by atoms with Crippen LogP contribution in [-0.4, -0.2) is 24.5 Å². The molecule has 25 heavy (non-hydrogen) atoms. The molecule has 3 nitrogen and oxygen atoms in total. The zero-order chi connectivity index (χ0) is 17.8. The second kappa shape index (κ2) is 7.89. The van der Waals surface area contributed by atoms with Crippen molar-refractivity contribution in [3.05, 3.63) is 75.7 Å². The predicted molar refractivity (Wildman–Crippen MR) is 105 cm³/mol. The maximum atomic E-state index is 12.3. The zero-order valence-corrected chi connectivity index (χ0v) is 16.0. The minimum atomic E-state index is -0.0880. The Morgan fingerprint density at radius 2 is 1.80 bits per heavy atom. The highest BCUT2D eigenvalue weighted by Crippen LogP contribution is 2.33. The van der Waals surface area contributed by atoms with E-state index in [-0.39, 0.29) is 12.5 Å². The number of likely N-dealkylation sites (N-methyl/N-ethyl adjacent to an activating group) is 1. The predicted octanol–water partition coefficient (Wildman–Crippen LogP) is 5.29. The number of halogens is 2. The fraction of sp³-hybridized carbons (Fsp3) is 0.150. The largest absolute Gasteiger partial charge is 0.483 e. The van der Waals surface area contributed by atoms with Gasteiger partial charge in [0.2, 0.25) is 0 Å². The van der Waals surface area contributed by atoms with E-state index in [0.29, 0.717) is 17.3 Å². The van der Waals surface area contributed by atoms with Crippen LogP contribution in [0.1, 0.15) is 5.56 Å². The number of hydrogen-bond acceptors (Lipinski definition) is 2. The normalized spacial score (nSPS) is 10.7. The van der Waals surface area contributed by atoms with Gasteiger partial charge in [0.25, 0.3) is 5.91 Å². The molecule has 0 aliphatic rings. The maximum absolute atomic E-state index is 12.3. The Morgan fingerprint density at radius 1 is 1.08 bits per heavy atom. The molecule has 0 saturated carbocycles. The SMILES string of the molecule is CN(Cc1ccc(Cl)cc1)C(=O)COc1ccc2ccccc2c1Br. The van der Waals surface area contributed by atoms with Gasteiger partial charge in [-0.05, 0) is 50.5 Å². The summed E-state index contributed by atoms with van der Waals surface area (Å²) in [5.74, 6) is 0.571. The molecule has 0 unspecified atom stereocenters. The summed E-state index contributed by atoms with van der Waals surface area (Å²) in [4.78, 5) is 14.0. The number of carbonyl (C=O) groups is 1. The summed E-state index contributed by atoms with van der Waals surface area (Å²) in [6.45, 7) is 0.499. The number of ether oxygens (including phenoxy) is 1. The first kappa shape index (κ1) is 17.8. The van der Waals surface area contributed by atoms with Crippen molar-refractivity contribution in [3.8, 4) is 5.75 Å². The van der Waals surface area contributed by atoms with Crippen LogP contribution in [0.4, 0.5) is 0 Å². The molecule has 128 valence electrons. The summed E-state index contributed by atoms with van der Waals surface area (Å²) in [5, 5.41) is 2.86. The van der Waals surface area contributed by atoms with Gasteiger partial charge in [-0.1, -0.05) is 54.1 Å². The van der Waals surface area contributed by atoms with Crippen LogP contribution in [0.5, 0.6) is 5.75 Å². The highest BCUT2D eigenvalue weighted by atomic mass is 79.9. The van der Waals surface area contributed by atoms with Crippen LogP contribution in [0.2, 0.25) is 5.02 Å². The van der Waals surface area contributed by atoms with Crippen LogP contribution >= 0.6 is 27.5 Å². The third kappa shape index (κ3) is 4.33. The molecular formula is C20H17BrClNO2. The van der Waals surface area contributed by atoms with Crippen LogP contribution in [0.15, 0.2) is 65.1 Å². The number of nitrogens with zero attached hydrogens (tertiary/aromatic N) is 1. The Morgan fingerprint density at radius 3 is 2.56 bits per heavy atom. The number of rotatable bonds is 5. The van der Waals surface area contributed by atoms with Gasteiger partial charge in [0, 0.05) is 18.6 Å². The average Bonchev–Trinajstić information content (AvgIpc) is 2.63. The van der Waals surface area contributed by atoms with Gasteiger partial charge in [-0.2, -0.15) is 0 Å². The molecule has 0 aliphatic heterocycles. The second-order valence-corrected chi connectivity index (χ2v) is 6.99. The Hall–Kier alpha value is -2.04. The van der Waals surface area contributed by atoms with E-state index in [9.17, 15) is 4.79 Å². The molecule has 0 aliphatic carbocycles. The molecule has 1 amide bonds. The first-order valence-electron chi connectivity index (χ1n) is 7.83. The van der Waals surface area contributed by atoms with Crippen LogP contribution in [0, 0.1) is 0 Å². The van der Waals surface area contributed by atoms with E-state index in [1.165, 1.54) is 0 Å². The van der Waals surface area contributed by atoms with Gasteiger partial charge in [0.1, 0.15) is 5.75 Å². The summed E-state index contributed by atoms with van der Waals surface area (Å²) < 4.78 is 6.59. The molecule has 0 heterocycles. The summed E-state index contributed by atoms with van der Waals surface area (Å²) in [7, 11) is 1.76. The summed E-state index contributed by atoms with van der Waals surface area (Å²) in [6, 6.07) is 19.3. The van der Waals surface area contributed by atoms with E-state index in [0.717, 1.165) is 20.8 Å².